The average molecular weight is 435 g/mol. The van der Waals surface area contributed by atoms with Crippen LogP contribution in [0.2, 0.25) is 5.02 Å². The Labute approximate surface area is 176 Å². The van der Waals surface area contributed by atoms with Crippen molar-refractivity contribution < 1.29 is 19.2 Å². The minimum Gasteiger partial charge on any atom is -0.469 e. The van der Waals surface area contributed by atoms with Crippen LogP contribution in [0.5, 0.6) is 0 Å². The Bertz CT molecular complexity index is 947. The zero-order chi connectivity index (χ0) is 21.7. The van der Waals surface area contributed by atoms with E-state index in [2.05, 4.69) is 20.8 Å². The smallest absolute Gasteiger partial charge is 0.355 e. The number of methoxy groups -OCH3 is 1. The van der Waals surface area contributed by atoms with Crippen molar-refractivity contribution in [3.8, 4) is 0 Å². The first-order valence-electron chi connectivity index (χ1n) is 9.04. The Morgan fingerprint density at radius 1 is 1.23 bits per heavy atom. The second-order valence-electron chi connectivity index (χ2n) is 6.52. The fraction of sp³-hybridized carbons (Fsp3) is 0.333. The summed E-state index contributed by atoms with van der Waals surface area (Å²) in [6, 6.07) is 6.15. The number of hydrogen-bond acceptors (Lipinski definition) is 9. The highest BCUT2D eigenvalue weighted by molar-refractivity contribution is 6.30. The highest BCUT2D eigenvalue weighted by atomic mass is 35.5. The van der Waals surface area contributed by atoms with Gasteiger partial charge >= 0.3 is 11.7 Å². The summed E-state index contributed by atoms with van der Waals surface area (Å²) in [7, 11) is 1.33. The molecule has 1 amide bonds. The highest BCUT2D eigenvalue weighted by Crippen LogP contribution is 2.33. The van der Waals surface area contributed by atoms with Crippen molar-refractivity contribution in [1.82, 2.24) is 15.4 Å². The maximum Gasteiger partial charge on any atom is 0.355 e. The van der Waals surface area contributed by atoms with Crippen LogP contribution in [0.4, 0.5) is 17.3 Å². The second kappa shape index (κ2) is 9.35. The number of carbonyl (C=O) groups excluding carboxylic acids is 2. The molecule has 0 spiro atoms. The van der Waals surface area contributed by atoms with Gasteiger partial charge in [0.05, 0.1) is 18.0 Å². The number of halogens is 1. The summed E-state index contributed by atoms with van der Waals surface area (Å²) in [5, 5.41) is 12.2. The van der Waals surface area contributed by atoms with Crippen LogP contribution in [0, 0.1) is 16.0 Å². The lowest BCUT2D eigenvalue weighted by atomic mass is 9.97. The van der Waals surface area contributed by atoms with Crippen molar-refractivity contribution in [2.45, 2.75) is 12.8 Å². The van der Waals surface area contributed by atoms with E-state index in [9.17, 15) is 19.7 Å². The number of amides is 1. The minimum atomic E-state index is -0.613. The molecule has 1 fully saturated rings. The molecule has 0 unspecified atom stereocenters. The van der Waals surface area contributed by atoms with Gasteiger partial charge in [-0.25, -0.2) is 9.97 Å². The predicted molar refractivity (Wildman–Crippen MR) is 108 cm³/mol. The fourth-order valence-electron chi connectivity index (χ4n) is 3.14. The Kier molecular flexibility index (Phi) is 6.62. The van der Waals surface area contributed by atoms with Gasteiger partial charge in [-0.15, -0.1) is 0 Å². The summed E-state index contributed by atoms with van der Waals surface area (Å²) in [5.74, 6) is -1.09. The molecular formula is C18H19ClN6O5. The molecule has 0 radical (unpaired) electrons. The van der Waals surface area contributed by atoms with Crippen molar-refractivity contribution in [3.63, 3.8) is 0 Å². The van der Waals surface area contributed by atoms with E-state index in [-0.39, 0.29) is 29.2 Å². The van der Waals surface area contributed by atoms with Crippen LogP contribution in [0.15, 0.2) is 30.6 Å². The topological polar surface area (TPSA) is 140 Å². The molecule has 0 atom stereocenters. The number of rotatable bonds is 6. The first-order chi connectivity index (χ1) is 14.4. The van der Waals surface area contributed by atoms with E-state index in [0.717, 1.165) is 0 Å². The molecular weight excluding hydrogens is 416 g/mol. The molecule has 0 bridgehead atoms. The number of hydrazine groups is 1. The van der Waals surface area contributed by atoms with Gasteiger partial charge in [0.1, 0.15) is 6.33 Å². The van der Waals surface area contributed by atoms with Gasteiger partial charge < -0.3 is 9.64 Å². The van der Waals surface area contributed by atoms with E-state index < -0.39 is 10.8 Å². The molecule has 3 rings (SSSR count). The van der Waals surface area contributed by atoms with Crippen molar-refractivity contribution in [3.05, 3.63) is 51.3 Å². The highest BCUT2D eigenvalue weighted by Gasteiger charge is 2.32. The molecule has 1 aliphatic heterocycles. The first-order valence-corrected chi connectivity index (χ1v) is 9.42. The summed E-state index contributed by atoms with van der Waals surface area (Å²) < 4.78 is 4.76. The van der Waals surface area contributed by atoms with Gasteiger partial charge in [0.2, 0.25) is 11.6 Å². The Hall–Kier alpha value is -3.47. The van der Waals surface area contributed by atoms with Gasteiger partial charge in [0, 0.05) is 23.7 Å². The van der Waals surface area contributed by atoms with Gasteiger partial charge in [0.15, 0.2) is 0 Å². The van der Waals surface area contributed by atoms with Gasteiger partial charge in [-0.1, -0.05) is 11.6 Å². The fourth-order valence-corrected chi connectivity index (χ4v) is 3.27. The predicted octanol–water partition coefficient (Wildman–Crippen LogP) is 2.18. The molecule has 1 aromatic heterocycles. The number of carbonyl (C=O) groups is 2. The lowest BCUT2D eigenvalue weighted by Crippen LogP contribution is -2.38. The number of nitrogens with one attached hydrogen (secondary N) is 2. The molecule has 12 heteroatoms. The zero-order valence-corrected chi connectivity index (χ0v) is 16.8. The van der Waals surface area contributed by atoms with Crippen molar-refractivity contribution in [2.24, 2.45) is 5.92 Å². The number of nitro groups is 1. The number of esters is 1. The summed E-state index contributed by atoms with van der Waals surface area (Å²) in [4.78, 5) is 44.7. The molecule has 2 heterocycles. The monoisotopic (exact) mass is 434 g/mol. The van der Waals surface area contributed by atoms with Crippen molar-refractivity contribution >= 4 is 40.8 Å². The minimum absolute atomic E-state index is 0.113. The molecule has 158 valence electrons. The Morgan fingerprint density at radius 2 is 1.90 bits per heavy atom. The summed E-state index contributed by atoms with van der Waals surface area (Å²) in [6.07, 6.45) is 2.15. The summed E-state index contributed by atoms with van der Waals surface area (Å²) in [5.41, 5.74) is 4.82. The number of piperidine rings is 1. The number of aromatic nitrogens is 2. The largest absolute Gasteiger partial charge is 0.469 e. The molecule has 11 nitrogen and oxygen atoms in total. The lowest BCUT2D eigenvalue weighted by Gasteiger charge is -2.31. The van der Waals surface area contributed by atoms with Crippen molar-refractivity contribution in [2.75, 3.05) is 30.5 Å². The van der Waals surface area contributed by atoms with Crippen LogP contribution in [-0.4, -0.2) is 47.0 Å². The quantitative estimate of drug-likeness (QED) is 0.397. The third kappa shape index (κ3) is 4.74. The standard InChI is InChI=1S/C18H19ClN6O5/c1-30-18(27)12-6-8-24(9-7-12)16-14(25(28)29)15(20-10-21-16)22-23-17(26)11-2-4-13(19)5-3-11/h2-5,10,12H,6-9H2,1H3,(H,23,26)(H,20,21,22). The molecule has 2 aromatic rings. The zero-order valence-electron chi connectivity index (χ0n) is 16.0. The van der Waals surface area contributed by atoms with Gasteiger partial charge in [-0.3, -0.25) is 30.6 Å². The first kappa shape index (κ1) is 21.2. The maximum atomic E-state index is 12.2. The third-order valence-electron chi connectivity index (χ3n) is 4.72. The third-order valence-corrected chi connectivity index (χ3v) is 4.97. The van der Waals surface area contributed by atoms with Gasteiger partial charge in [0.25, 0.3) is 5.91 Å². The number of hydrogen-bond donors (Lipinski definition) is 2. The van der Waals surface area contributed by atoms with Crippen LogP contribution >= 0.6 is 11.6 Å². The Morgan fingerprint density at radius 3 is 2.50 bits per heavy atom. The van der Waals surface area contributed by atoms with Crippen LogP contribution in [0.3, 0.4) is 0 Å². The Balaban J connectivity index is 1.75. The second-order valence-corrected chi connectivity index (χ2v) is 6.96. The van der Waals surface area contributed by atoms with E-state index in [0.29, 0.717) is 36.5 Å². The van der Waals surface area contributed by atoms with E-state index in [1.807, 2.05) is 0 Å². The molecule has 1 aromatic carbocycles. The van der Waals surface area contributed by atoms with Crippen LogP contribution in [-0.2, 0) is 9.53 Å². The molecule has 30 heavy (non-hydrogen) atoms. The van der Waals surface area contributed by atoms with E-state index in [4.69, 9.17) is 16.3 Å². The molecule has 1 saturated heterocycles. The van der Waals surface area contributed by atoms with Crippen molar-refractivity contribution in [1.29, 1.82) is 0 Å². The molecule has 0 saturated carbocycles. The van der Waals surface area contributed by atoms with Crippen LogP contribution < -0.4 is 15.8 Å². The van der Waals surface area contributed by atoms with Gasteiger partial charge in [-0.2, -0.15) is 0 Å². The summed E-state index contributed by atoms with van der Waals surface area (Å²) >= 11 is 5.80. The van der Waals surface area contributed by atoms with Crippen LogP contribution in [0.25, 0.3) is 0 Å². The number of nitrogens with zero attached hydrogens (tertiary/aromatic N) is 4. The average Bonchev–Trinajstić information content (AvgIpc) is 2.77. The summed E-state index contributed by atoms with van der Waals surface area (Å²) in [6.45, 7) is 0.794. The van der Waals surface area contributed by atoms with Crippen LogP contribution in [0.1, 0.15) is 23.2 Å². The lowest BCUT2D eigenvalue weighted by molar-refractivity contribution is -0.383. The molecule has 1 aliphatic rings. The van der Waals surface area contributed by atoms with E-state index in [1.54, 1.807) is 17.0 Å². The SMILES string of the molecule is COC(=O)C1CCN(c2ncnc(NNC(=O)c3ccc(Cl)cc3)c2[N+](=O)[O-])CC1. The number of benzene rings is 1. The van der Waals surface area contributed by atoms with E-state index in [1.165, 1.54) is 25.6 Å². The maximum absolute atomic E-state index is 12.2. The van der Waals surface area contributed by atoms with Gasteiger partial charge in [-0.05, 0) is 37.1 Å². The molecule has 0 aliphatic carbocycles. The molecule has 2 N–H and O–H groups in total. The number of anilines is 2. The van der Waals surface area contributed by atoms with E-state index >= 15 is 0 Å². The number of ether oxygens (including phenoxy) is 1. The normalized spacial score (nSPS) is 14.1.